The average molecular weight is 428 g/mol. The third-order valence-electron chi connectivity index (χ3n) is 8.64. The molecular formula is C25H37N3OS. The second-order valence-electron chi connectivity index (χ2n) is 10.6. The van der Waals surface area contributed by atoms with Crippen molar-refractivity contribution in [1.82, 2.24) is 10.8 Å². The summed E-state index contributed by atoms with van der Waals surface area (Å²) in [5, 5.41) is 3.85. The zero-order chi connectivity index (χ0) is 20.8. The van der Waals surface area contributed by atoms with Crippen molar-refractivity contribution in [2.75, 3.05) is 6.61 Å². The van der Waals surface area contributed by atoms with Crippen LogP contribution < -0.4 is 16.5 Å². The molecule has 5 aliphatic carbocycles. The van der Waals surface area contributed by atoms with E-state index in [0.717, 1.165) is 30.7 Å². The topological polar surface area (TPSA) is 59.3 Å². The monoisotopic (exact) mass is 427 g/mol. The van der Waals surface area contributed by atoms with Gasteiger partial charge in [-0.1, -0.05) is 42.5 Å². The van der Waals surface area contributed by atoms with Crippen molar-refractivity contribution in [2.24, 2.45) is 23.0 Å². The van der Waals surface area contributed by atoms with E-state index in [9.17, 15) is 0 Å². The third-order valence-corrected chi connectivity index (χ3v) is 9.19. The molecule has 2 unspecified atom stereocenters. The molecule has 0 aliphatic heterocycles. The predicted octanol–water partition coefficient (Wildman–Crippen LogP) is 4.23. The Morgan fingerprint density at radius 3 is 2.37 bits per heavy atom. The van der Waals surface area contributed by atoms with Crippen molar-refractivity contribution in [2.45, 2.75) is 88.3 Å². The van der Waals surface area contributed by atoms with E-state index >= 15 is 0 Å². The van der Waals surface area contributed by atoms with Crippen LogP contribution in [0.1, 0.15) is 70.3 Å². The Hall–Kier alpha value is -1.01. The zero-order valence-electron chi connectivity index (χ0n) is 18.2. The second kappa shape index (κ2) is 8.16. The van der Waals surface area contributed by atoms with Gasteiger partial charge >= 0.3 is 0 Å². The Kier molecular flexibility index (Phi) is 5.68. The second-order valence-corrected chi connectivity index (χ2v) is 11.0. The molecule has 164 valence electrons. The molecule has 4 bridgehead atoms. The van der Waals surface area contributed by atoms with Crippen molar-refractivity contribution in [3.8, 4) is 0 Å². The van der Waals surface area contributed by atoms with Crippen LogP contribution in [0.25, 0.3) is 0 Å². The van der Waals surface area contributed by atoms with E-state index in [-0.39, 0.29) is 10.8 Å². The molecule has 0 spiro atoms. The van der Waals surface area contributed by atoms with E-state index in [1.165, 1.54) is 37.7 Å². The van der Waals surface area contributed by atoms with E-state index in [1.54, 1.807) is 0 Å². The van der Waals surface area contributed by atoms with Gasteiger partial charge in [0.05, 0.1) is 11.6 Å². The highest BCUT2D eigenvalue weighted by Gasteiger charge is 2.63. The predicted molar refractivity (Wildman–Crippen MR) is 125 cm³/mol. The lowest BCUT2D eigenvalue weighted by Gasteiger charge is -2.65. The third kappa shape index (κ3) is 3.62. The van der Waals surface area contributed by atoms with E-state index in [4.69, 9.17) is 22.8 Å². The van der Waals surface area contributed by atoms with Crippen LogP contribution in [0.5, 0.6) is 0 Å². The van der Waals surface area contributed by atoms with Gasteiger partial charge in [-0.05, 0) is 87.5 Å². The first-order valence-electron chi connectivity index (χ1n) is 12.0. The van der Waals surface area contributed by atoms with E-state index in [2.05, 4.69) is 48.1 Å². The molecular weight excluding hydrogens is 390 g/mol. The minimum Gasteiger partial charge on any atom is -0.376 e. The average Bonchev–Trinajstić information content (AvgIpc) is 2.75. The highest BCUT2D eigenvalue weighted by Crippen LogP contribution is 2.66. The van der Waals surface area contributed by atoms with Crippen molar-refractivity contribution >= 4 is 17.2 Å². The summed E-state index contributed by atoms with van der Waals surface area (Å²) in [7, 11) is 0. The molecule has 1 aromatic rings. The normalized spacial score (nSPS) is 42.3. The smallest absolute Gasteiger partial charge is 0.0818 e. The van der Waals surface area contributed by atoms with Gasteiger partial charge in [0.2, 0.25) is 0 Å². The van der Waals surface area contributed by atoms with Gasteiger partial charge in [0, 0.05) is 23.5 Å². The molecule has 6 rings (SSSR count). The Labute approximate surface area is 186 Å². The maximum atomic E-state index is 6.19. The summed E-state index contributed by atoms with van der Waals surface area (Å²) < 4.78 is 0. The minimum atomic E-state index is 0.140. The molecule has 0 radical (unpaired) electrons. The number of hydrogen-bond donors (Lipinski definition) is 3. The van der Waals surface area contributed by atoms with Crippen molar-refractivity contribution in [3.05, 3.63) is 35.9 Å². The van der Waals surface area contributed by atoms with Crippen LogP contribution in [0, 0.1) is 17.3 Å². The highest BCUT2D eigenvalue weighted by atomic mass is 32.1. The summed E-state index contributed by atoms with van der Waals surface area (Å²) in [6.07, 6.45) is 10.6. The maximum Gasteiger partial charge on any atom is 0.0818 e. The molecule has 5 fully saturated rings. The van der Waals surface area contributed by atoms with Gasteiger partial charge in [0.25, 0.3) is 0 Å². The number of hydroxylamine groups is 1. The summed E-state index contributed by atoms with van der Waals surface area (Å²) in [6.45, 7) is 2.78. The van der Waals surface area contributed by atoms with Crippen molar-refractivity contribution in [1.29, 1.82) is 0 Å². The van der Waals surface area contributed by atoms with Gasteiger partial charge in [0.1, 0.15) is 0 Å². The van der Waals surface area contributed by atoms with Crippen LogP contribution in [-0.2, 0) is 10.3 Å². The van der Waals surface area contributed by atoms with Crippen LogP contribution >= 0.6 is 12.2 Å². The zero-order valence-corrected chi connectivity index (χ0v) is 19.1. The van der Waals surface area contributed by atoms with Gasteiger partial charge in [-0.3, -0.25) is 0 Å². The van der Waals surface area contributed by atoms with Crippen molar-refractivity contribution < 1.29 is 4.84 Å². The maximum absolute atomic E-state index is 6.19. The van der Waals surface area contributed by atoms with E-state index in [0.29, 0.717) is 36.6 Å². The van der Waals surface area contributed by atoms with Crippen LogP contribution in [-0.4, -0.2) is 29.7 Å². The standard InChI is InChI=1S/C25H37N3OS/c1-2-29-28-22-17-12-24(19-6-4-3-5-7-19)13-18(22)15-25(14-17,16-24)23(30)27-21-10-8-20(26)9-11-21/h3-7,17-18,20-22,28H,2,8-16,26H2,1H3,(H,27,30). The largest absolute Gasteiger partial charge is 0.376 e. The van der Waals surface area contributed by atoms with Crippen LogP contribution in [0.15, 0.2) is 30.3 Å². The number of nitrogens with two attached hydrogens (primary N) is 1. The summed E-state index contributed by atoms with van der Waals surface area (Å²) in [6, 6.07) is 12.6. The van der Waals surface area contributed by atoms with E-state index in [1.807, 2.05) is 0 Å². The van der Waals surface area contributed by atoms with Crippen molar-refractivity contribution in [3.63, 3.8) is 0 Å². The van der Waals surface area contributed by atoms with Gasteiger partial charge in [-0.25, -0.2) is 0 Å². The quantitative estimate of drug-likeness (QED) is 0.468. The SMILES string of the molecule is CCONC1C2CC3(C(=S)NC4CCC(N)CC4)CC1CC(c1ccccc1)(C2)C3. The number of benzene rings is 1. The first-order valence-corrected chi connectivity index (χ1v) is 12.4. The lowest BCUT2D eigenvalue weighted by molar-refractivity contribution is -0.111. The molecule has 5 heteroatoms. The molecule has 5 aliphatic rings. The Morgan fingerprint density at radius 1 is 1.07 bits per heavy atom. The number of thiocarbonyl (C=S) groups is 1. The molecule has 4 N–H and O–H groups in total. The number of hydrogen-bond acceptors (Lipinski definition) is 4. The molecule has 0 amide bonds. The van der Waals surface area contributed by atoms with Crippen LogP contribution in [0.4, 0.5) is 0 Å². The lowest BCUT2D eigenvalue weighted by atomic mass is 9.41. The van der Waals surface area contributed by atoms with Crippen LogP contribution in [0.2, 0.25) is 0 Å². The number of rotatable bonds is 6. The first kappa shape index (κ1) is 20.9. The molecule has 2 atom stereocenters. The molecule has 5 saturated carbocycles. The van der Waals surface area contributed by atoms with Crippen LogP contribution in [0.3, 0.4) is 0 Å². The lowest BCUT2D eigenvalue weighted by Crippen LogP contribution is -2.66. The summed E-state index contributed by atoms with van der Waals surface area (Å²) in [5.41, 5.74) is 11.5. The molecule has 0 heterocycles. The molecule has 0 aromatic heterocycles. The fourth-order valence-electron chi connectivity index (χ4n) is 7.52. The van der Waals surface area contributed by atoms with Gasteiger partial charge in [-0.2, -0.15) is 5.48 Å². The first-order chi connectivity index (χ1) is 14.5. The molecule has 4 nitrogen and oxygen atoms in total. The Bertz CT molecular complexity index is 745. The summed E-state index contributed by atoms with van der Waals surface area (Å²) in [4.78, 5) is 6.86. The molecule has 1 aromatic carbocycles. The number of nitrogens with one attached hydrogen (secondary N) is 2. The Morgan fingerprint density at radius 2 is 1.73 bits per heavy atom. The van der Waals surface area contributed by atoms with Gasteiger partial charge in [-0.15, -0.1) is 0 Å². The van der Waals surface area contributed by atoms with Gasteiger partial charge < -0.3 is 15.9 Å². The minimum absolute atomic E-state index is 0.140. The molecule has 30 heavy (non-hydrogen) atoms. The van der Waals surface area contributed by atoms with Gasteiger partial charge in [0.15, 0.2) is 0 Å². The molecule has 0 saturated heterocycles. The fourth-order valence-corrected chi connectivity index (χ4v) is 7.92. The summed E-state index contributed by atoms with van der Waals surface area (Å²) in [5.74, 6) is 1.25. The highest BCUT2D eigenvalue weighted by molar-refractivity contribution is 7.80. The van der Waals surface area contributed by atoms with E-state index < -0.39 is 0 Å². The Balaban J connectivity index is 1.41. The fraction of sp³-hybridized carbons (Fsp3) is 0.720. The summed E-state index contributed by atoms with van der Waals surface area (Å²) >= 11 is 6.19.